The number of aliphatic hydroxyl groups is 5. The Morgan fingerprint density at radius 3 is 1.07 bits per heavy atom. The summed E-state index contributed by atoms with van der Waals surface area (Å²) in [4.78, 5) is 166. The second kappa shape index (κ2) is 36.4. The van der Waals surface area contributed by atoms with Crippen LogP contribution in [0.15, 0.2) is 0 Å². The molecule has 12 atom stereocenters. The van der Waals surface area contributed by atoms with E-state index in [9.17, 15) is 98.1 Å². The third-order valence-corrected chi connectivity index (χ3v) is 12.0. The van der Waals surface area contributed by atoms with Gasteiger partial charge in [-0.3, -0.25) is 47.9 Å². The van der Waals surface area contributed by atoms with Gasteiger partial charge in [0.05, 0.1) is 12.7 Å². The average molecular weight is 1130 g/mol. The van der Waals surface area contributed by atoms with Crippen LogP contribution in [0.4, 0.5) is 0 Å². The van der Waals surface area contributed by atoms with Gasteiger partial charge in [0, 0.05) is 61.8 Å². The number of rotatable bonds is 39. The maximum absolute atomic E-state index is 14.0. The molecule has 0 aliphatic rings. The first-order chi connectivity index (χ1) is 35.0. The fraction of sp³-hybridized carbons (Fsp3) is 0.698. The molecule has 32 heteroatoms. The van der Waals surface area contributed by atoms with Crippen LogP contribution in [0.25, 0.3) is 0 Å². The number of carboxylic acids is 3. The number of nitrogens with one attached hydrogen (secondary N) is 8. The van der Waals surface area contributed by atoms with Crippen molar-refractivity contribution in [2.24, 2.45) is 5.92 Å². The van der Waals surface area contributed by atoms with E-state index in [0.717, 1.165) is 0 Å². The number of carboxylic acid groups (broad SMARTS) is 3. The molecule has 0 radical (unpaired) electrons. The lowest BCUT2D eigenvalue weighted by molar-refractivity contribution is -0.142. The second-order valence-electron chi connectivity index (χ2n) is 17.2. The molecule has 75 heavy (non-hydrogen) atoms. The summed E-state index contributed by atoms with van der Waals surface area (Å²) in [6, 6.07) is -11.8. The van der Waals surface area contributed by atoms with E-state index in [1.165, 1.54) is 20.8 Å². The molecule has 0 aromatic rings. The molecule has 0 unspecified atom stereocenters. The Labute approximate surface area is 446 Å². The number of ketones is 2. The molecule has 0 fully saturated rings. The minimum absolute atomic E-state index is 0.0535. The van der Waals surface area contributed by atoms with Crippen molar-refractivity contribution in [3.63, 3.8) is 0 Å². The molecule has 8 amide bonds. The highest BCUT2D eigenvalue weighted by molar-refractivity contribution is 7.80. The highest BCUT2D eigenvalue weighted by atomic mass is 32.1. The van der Waals surface area contributed by atoms with Crippen LogP contribution in [0, 0.1) is 5.92 Å². The number of amides is 8. The van der Waals surface area contributed by atoms with Crippen LogP contribution in [0.2, 0.25) is 0 Å². The Morgan fingerprint density at radius 1 is 0.413 bits per heavy atom. The lowest BCUT2D eigenvalue weighted by Crippen LogP contribution is -2.60. The molecule has 16 N–H and O–H groups in total. The molecule has 0 saturated carbocycles. The van der Waals surface area contributed by atoms with Crippen molar-refractivity contribution in [2.45, 2.75) is 152 Å². The summed E-state index contributed by atoms with van der Waals surface area (Å²) in [5.74, 6) is -15.8. The van der Waals surface area contributed by atoms with Crippen molar-refractivity contribution in [3.8, 4) is 0 Å². The number of carbonyl (C=O) groups excluding carboxylic acids is 10. The first-order valence-electron chi connectivity index (χ1n) is 23.2. The lowest BCUT2D eigenvalue weighted by Gasteiger charge is -2.27. The Bertz CT molecular complexity index is 2010. The van der Waals surface area contributed by atoms with Crippen molar-refractivity contribution in [1.82, 2.24) is 42.5 Å². The molecule has 0 spiro atoms. The molecule has 0 aliphatic heterocycles. The van der Waals surface area contributed by atoms with E-state index < -0.39 is 201 Å². The van der Waals surface area contributed by atoms with Gasteiger partial charge in [-0.1, -0.05) is 6.92 Å². The first-order valence-corrected chi connectivity index (χ1v) is 25.1. The van der Waals surface area contributed by atoms with Gasteiger partial charge in [0.1, 0.15) is 72.2 Å². The van der Waals surface area contributed by atoms with Crippen LogP contribution in [0.5, 0.6) is 0 Å². The summed E-state index contributed by atoms with van der Waals surface area (Å²) in [6.07, 6.45) is -12.7. The molecule has 0 rings (SSSR count). The number of aliphatic hydroxyl groups excluding tert-OH is 5. The quantitative estimate of drug-likeness (QED) is 0.0255. The van der Waals surface area contributed by atoms with Crippen LogP contribution in [0.3, 0.4) is 0 Å². The Balaban J connectivity index is 6.88. The number of hydrogen-bond donors (Lipinski definition) is 19. The van der Waals surface area contributed by atoms with Crippen molar-refractivity contribution in [3.05, 3.63) is 0 Å². The van der Waals surface area contributed by atoms with Crippen molar-refractivity contribution < 1.29 is 103 Å². The minimum atomic E-state index is -2.09. The van der Waals surface area contributed by atoms with Gasteiger partial charge >= 0.3 is 17.9 Å². The maximum Gasteiger partial charge on any atom is 0.327 e. The molecule has 0 heterocycles. The zero-order valence-electron chi connectivity index (χ0n) is 41.3. The number of hydrogen-bond acceptors (Lipinski definition) is 21. The van der Waals surface area contributed by atoms with Gasteiger partial charge in [-0.05, 0) is 46.0 Å². The molecule has 0 bridgehead atoms. The molecule has 29 nitrogen and oxygen atoms in total. The van der Waals surface area contributed by atoms with Crippen molar-refractivity contribution in [1.29, 1.82) is 0 Å². The van der Waals surface area contributed by atoms with Crippen LogP contribution in [-0.4, -0.2) is 215 Å². The summed E-state index contributed by atoms with van der Waals surface area (Å²) in [6.45, 7) is 2.19. The van der Waals surface area contributed by atoms with E-state index in [-0.39, 0.29) is 43.0 Å². The van der Waals surface area contributed by atoms with E-state index >= 15 is 0 Å². The Hall–Kier alpha value is -5.64. The normalized spacial score (nSPS) is 15.9. The number of Topliss-reactive ketones (excluding diaryl/α,β-unsaturated/α-hetero) is 2. The third kappa shape index (κ3) is 27.6. The number of thiol groups is 3. The average Bonchev–Trinajstić information content (AvgIpc) is 3.35. The third-order valence-electron chi connectivity index (χ3n) is 10.9. The molecule has 0 aromatic carbocycles. The highest BCUT2D eigenvalue weighted by Crippen LogP contribution is 2.11. The van der Waals surface area contributed by atoms with E-state index in [2.05, 4.69) is 80.4 Å². The van der Waals surface area contributed by atoms with E-state index in [4.69, 9.17) is 5.11 Å². The van der Waals surface area contributed by atoms with Gasteiger partial charge in [-0.25, -0.2) is 4.79 Å². The Morgan fingerprint density at radius 2 is 0.720 bits per heavy atom. The molecule has 426 valence electrons. The Kier molecular flexibility index (Phi) is 33.6. The van der Waals surface area contributed by atoms with E-state index in [0.29, 0.717) is 0 Å². The first kappa shape index (κ1) is 69.4. The summed E-state index contributed by atoms with van der Waals surface area (Å²) in [7, 11) is 0. The highest BCUT2D eigenvalue weighted by Gasteiger charge is 2.35. The molecular formula is C43H70N8O21S3. The van der Waals surface area contributed by atoms with E-state index in [1.54, 1.807) is 0 Å². The van der Waals surface area contributed by atoms with Crippen LogP contribution in [-0.2, 0) is 62.3 Å². The maximum atomic E-state index is 14.0. The largest absolute Gasteiger partial charge is 0.481 e. The molecule has 0 aliphatic carbocycles. The fourth-order valence-electron chi connectivity index (χ4n) is 6.30. The summed E-state index contributed by atoms with van der Waals surface area (Å²) in [5, 5.41) is 95.2. The van der Waals surface area contributed by atoms with Gasteiger partial charge in [0.15, 0.2) is 0 Å². The van der Waals surface area contributed by atoms with Gasteiger partial charge in [-0.2, -0.15) is 37.9 Å². The zero-order valence-corrected chi connectivity index (χ0v) is 43.9. The SMILES string of the molecule is CC(=O)CC[C@H](NC(=O)[C@H](CCC(=O)O)NC(=O)[C@H](CS)NC(=O)[C@H](CCC(=O)NC[C@H](O)[C@@H](O)[C@H](O)[C@H](O)CO)NC(=O)[C@H](CCC(=O)O)NC(=O)[C@H](CS)NC(=O)[C@@H](C)CCC(C)=O)C(=O)N[C@@H](CS)C(=O)O. The van der Waals surface area contributed by atoms with Gasteiger partial charge in [-0.15, -0.1) is 0 Å². The lowest BCUT2D eigenvalue weighted by atomic mass is 10.0. The van der Waals surface area contributed by atoms with Gasteiger partial charge < -0.3 is 93.0 Å². The summed E-state index contributed by atoms with van der Waals surface area (Å²) in [5.41, 5.74) is 0. The molecular weight excluding hydrogens is 1060 g/mol. The summed E-state index contributed by atoms with van der Waals surface area (Å²) < 4.78 is 0. The predicted octanol–water partition coefficient (Wildman–Crippen LogP) is -6.31. The standard InChI is InChI=1S/C43H70N8O21S3/c1-19(4-5-20(2)53)36(64)49-26(16-73)41(69)47-25(10-13-33(60)61)38(66)46-23(8-11-31(57)44-14-29(55)34(62)35(63)30(56)15-52)39(67)50-27(17-74)42(70)48-24(9-12-32(58)59)37(65)45-22(7-6-21(3)54)40(68)51-28(18-75)43(71)72/h19,22-30,34-35,52,55-56,62-63,73-75H,4-18H2,1-3H3,(H,44,57)(H,45,65)(H,46,66)(H,47,69)(H,48,70)(H,49,64)(H,50,67)(H,51,68)(H,58,59)(H,60,61)(H,71,72)/t19-,22-,23-,24-,25-,26-,27-,28-,29-,30+,34+,35+/m0/s1. The van der Waals surface area contributed by atoms with E-state index in [1.807, 2.05) is 0 Å². The topological polar surface area (TPSA) is 480 Å². The minimum Gasteiger partial charge on any atom is -0.481 e. The number of carbonyl (C=O) groups is 13. The number of aliphatic carboxylic acids is 3. The van der Waals surface area contributed by atoms with Crippen LogP contribution in [0.1, 0.15) is 85.0 Å². The predicted molar refractivity (Wildman–Crippen MR) is 269 cm³/mol. The van der Waals surface area contributed by atoms with Crippen LogP contribution < -0.4 is 42.5 Å². The van der Waals surface area contributed by atoms with Crippen molar-refractivity contribution in [2.75, 3.05) is 30.4 Å². The van der Waals surface area contributed by atoms with Crippen LogP contribution >= 0.6 is 37.9 Å². The fourth-order valence-corrected chi connectivity index (χ4v) is 7.06. The zero-order chi connectivity index (χ0) is 57.7. The molecule has 0 aromatic heterocycles. The van der Waals surface area contributed by atoms with Crippen molar-refractivity contribution >= 4 is 115 Å². The van der Waals surface area contributed by atoms with Gasteiger partial charge in [0.2, 0.25) is 47.3 Å². The van der Waals surface area contributed by atoms with Gasteiger partial charge in [0.25, 0.3) is 0 Å². The smallest absolute Gasteiger partial charge is 0.327 e. The second-order valence-corrected chi connectivity index (χ2v) is 18.3. The summed E-state index contributed by atoms with van der Waals surface area (Å²) >= 11 is 12.0. The molecule has 0 saturated heterocycles. The monoisotopic (exact) mass is 1130 g/mol.